The van der Waals surface area contributed by atoms with Gasteiger partial charge in [-0.2, -0.15) is 5.10 Å². The van der Waals surface area contributed by atoms with Crippen LogP contribution in [0, 0.1) is 0 Å². The second kappa shape index (κ2) is 8.12. The Morgan fingerprint density at radius 3 is 2.60 bits per heavy atom. The predicted molar refractivity (Wildman–Crippen MR) is 121 cm³/mol. The van der Waals surface area contributed by atoms with Crippen LogP contribution in [0.1, 0.15) is 5.56 Å². The molecular formula is C23H17BrN4O2. The zero-order valence-corrected chi connectivity index (χ0v) is 17.5. The Labute approximate surface area is 181 Å². The number of rotatable bonds is 4. The highest BCUT2D eigenvalue weighted by atomic mass is 79.9. The third-order valence-electron chi connectivity index (χ3n) is 4.65. The second-order valence-corrected chi connectivity index (χ2v) is 7.61. The fraction of sp³-hybridized carbons (Fsp3) is 0.0870. The van der Waals surface area contributed by atoms with Crippen molar-refractivity contribution in [1.29, 1.82) is 0 Å². The highest BCUT2D eigenvalue weighted by molar-refractivity contribution is 9.10. The summed E-state index contributed by atoms with van der Waals surface area (Å²) in [5.74, 6) is 1.91. The lowest BCUT2D eigenvalue weighted by Gasteiger charge is -2.18. The molecule has 1 aromatic heterocycles. The zero-order valence-electron chi connectivity index (χ0n) is 15.9. The van der Waals surface area contributed by atoms with Crippen molar-refractivity contribution in [3.63, 3.8) is 0 Å². The van der Waals surface area contributed by atoms with Crippen LogP contribution in [0.25, 0.3) is 22.2 Å². The van der Waals surface area contributed by atoms with Gasteiger partial charge in [0.25, 0.3) is 0 Å². The van der Waals surface area contributed by atoms with Crippen LogP contribution in [0.5, 0.6) is 11.5 Å². The van der Waals surface area contributed by atoms with Crippen LogP contribution >= 0.6 is 15.9 Å². The van der Waals surface area contributed by atoms with Crippen molar-refractivity contribution in [2.24, 2.45) is 5.10 Å². The molecule has 0 spiro atoms. The average molecular weight is 461 g/mol. The molecule has 3 aromatic carbocycles. The third-order valence-corrected chi connectivity index (χ3v) is 5.14. The lowest BCUT2D eigenvalue weighted by Crippen LogP contribution is -2.15. The van der Waals surface area contributed by atoms with Gasteiger partial charge in [-0.1, -0.05) is 46.3 Å². The maximum Gasteiger partial charge on any atom is 0.244 e. The van der Waals surface area contributed by atoms with Crippen molar-refractivity contribution in [2.45, 2.75) is 0 Å². The van der Waals surface area contributed by atoms with Gasteiger partial charge in [0.15, 0.2) is 11.5 Å². The first kappa shape index (κ1) is 18.6. The molecule has 1 aliphatic rings. The van der Waals surface area contributed by atoms with Gasteiger partial charge in [-0.15, -0.1) is 0 Å². The molecule has 148 valence electrons. The summed E-state index contributed by atoms with van der Waals surface area (Å²) in [6, 6.07) is 21.7. The van der Waals surface area contributed by atoms with Crippen molar-refractivity contribution >= 4 is 39.0 Å². The number of anilines is 1. The molecule has 0 atom stereocenters. The average Bonchev–Trinajstić information content (AvgIpc) is 2.79. The van der Waals surface area contributed by atoms with E-state index in [0.29, 0.717) is 19.2 Å². The fourth-order valence-corrected chi connectivity index (χ4v) is 3.63. The first-order valence-electron chi connectivity index (χ1n) is 9.48. The minimum atomic E-state index is 0.428. The van der Waals surface area contributed by atoms with E-state index in [2.05, 4.69) is 31.4 Å². The topological polar surface area (TPSA) is 68.6 Å². The maximum absolute atomic E-state index is 5.62. The van der Waals surface area contributed by atoms with Gasteiger partial charge in [-0.25, -0.2) is 15.4 Å². The number of nitrogens with zero attached hydrogens (tertiary/aromatic N) is 3. The quantitative estimate of drug-likeness (QED) is 0.331. The van der Waals surface area contributed by atoms with Gasteiger partial charge >= 0.3 is 0 Å². The molecule has 5 rings (SSSR count). The Kier molecular flexibility index (Phi) is 5.03. The summed E-state index contributed by atoms with van der Waals surface area (Å²) < 4.78 is 12.1. The van der Waals surface area contributed by atoms with Gasteiger partial charge < -0.3 is 9.47 Å². The number of fused-ring (bicyclic) bond motifs is 2. The van der Waals surface area contributed by atoms with E-state index in [1.807, 2.05) is 66.7 Å². The van der Waals surface area contributed by atoms with E-state index in [9.17, 15) is 0 Å². The summed E-state index contributed by atoms with van der Waals surface area (Å²) in [6.07, 6.45) is 1.70. The number of hydrogen-bond donors (Lipinski definition) is 1. The largest absolute Gasteiger partial charge is 0.486 e. The Morgan fingerprint density at radius 1 is 0.900 bits per heavy atom. The van der Waals surface area contributed by atoms with Crippen molar-refractivity contribution in [3.8, 4) is 22.8 Å². The number of aromatic nitrogens is 2. The van der Waals surface area contributed by atoms with Crippen molar-refractivity contribution in [1.82, 2.24) is 9.97 Å². The molecule has 0 aliphatic carbocycles. The highest BCUT2D eigenvalue weighted by Gasteiger charge is 2.12. The molecule has 1 aliphatic heterocycles. The van der Waals surface area contributed by atoms with Crippen LogP contribution in [0.15, 0.2) is 76.3 Å². The van der Waals surface area contributed by atoms with Crippen molar-refractivity contribution in [3.05, 3.63) is 76.8 Å². The monoisotopic (exact) mass is 460 g/mol. The van der Waals surface area contributed by atoms with Crippen molar-refractivity contribution in [2.75, 3.05) is 18.6 Å². The van der Waals surface area contributed by atoms with Gasteiger partial charge in [0.05, 0.1) is 17.4 Å². The summed E-state index contributed by atoms with van der Waals surface area (Å²) in [5.41, 5.74) is 6.54. The molecule has 0 saturated carbocycles. The van der Waals surface area contributed by atoms with E-state index in [4.69, 9.17) is 14.5 Å². The van der Waals surface area contributed by atoms with Crippen LogP contribution in [0.4, 0.5) is 5.95 Å². The standard InChI is InChI=1S/C23H17BrN4O2/c24-17-7-8-19-18(13-17)22(16-4-2-1-3-5-16)27-23(26-19)28-25-14-15-6-9-20-21(12-15)30-11-10-29-20/h1-9,12-14H,10-11H2,(H,26,27,28)/b25-14+. The van der Waals surface area contributed by atoms with Crippen LogP contribution in [0.3, 0.4) is 0 Å². The van der Waals surface area contributed by atoms with Gasteiger partial charge in [-0.05, 0) is 42.0 Å². The Morgan fingerprint density at radius 2 is 1.73 bits per heavy atom. The van der Waals surface area contributed by atoms with Crippen LogP contribution < -0.4 is 14.9 Å². The summed E-state index contributed by atoms with van der Waals surface area (Å²) in [5, 5.41) is 5.28. The Bertz CT molecular complexity index is 1240. The molecule has 4 aromatic rings. The third kappa shape index (κ3) is 3.84. The zero-order chi connectivity index (χ0) is 20.3. The van der Waals surface area contributed by atoms with E-state index in [-0.39, 0.29) is 0 Å². The Hall–Kier alpha value is -3.45. The number of ether oxygens (including phenoxy) is 2. The summed E-state index contributed by atoms with van der Waals surface area (Å²) >= 11 is 3.54. The van der Waals surface area contributed by atoms with Crippen LogP contribution in [0.2, 0.25) is 0 Å². The van der Waals surface area contributed by atoms with Crippen LogP contribution in [-0.4, -0.2) is 29.4 Å². The van der Waals surface area contributed by atoms with Crippen LogP contribution in [-0.2, 0) is 0 Å². The number of benzene rings is 3. The lowest BCUT2D eigenvalue weighted by molar-refractivity contribution is 0.171. The molecule has 0 fully saturated rings. The molecule has 2 heterocycles. The van der Waals surface area contributed by atoms with Gasteiger partial charge in [0.1, 0.15) is 13.2 Å². The summed E-state index contributed by atoms with van der Waals surface area (Å²) in [4.78, 5) is 9.31. The molecule has 0 saturated heterocycles. The smallest absolute Gasteiger partial charge is 0.244 e. The van der Waals surface area contributed by atoms with E-state index < -0.39 is 0 Å². The minimum Gasteiger partial charge on any atom is -0.486 e. The van der Waals surface area contributed by atoms with Gasteiger partial charge in [0.2, 0.25) is 5.95 Å². The molecule has 6 nitrogen and oxygen atoms in total. The highest BCUT2D eigenvalue weighted by Crippen LogP contribution is 2.31. The first-order valence-corrected chi connectivity index (χ1v) is 10.3. The van der Waals surface area contributed by atoms with E-state index in [1.54, 1.807) is 6.21 Å². The molecule has 0 radical (unpaired) electrons. The van der Waals surface area contributed by atoms with E-state index in [0.717, 1.165) is 43.7 Å². The van der Waals surface area contributed by atoms with Gasteiger partial charge in [-0.3, -0.25) is 0 Å². The molecule has 0 unspecified atom stereocenters. The SMILES string of the molecule is Brc1ccc2nc(N/N=C/c3ccc4c(c3)OCCO4)nc(-c3ccccc3)c2c1. The first-order chi connectivity index (χ1) is 14.8. The number of nitrogens with one attached hydrogen (secondary N) is 1. The number of hydrazone groups is 1. The second-order valence-electron chi connectivity index (χ2n) is 6.70. The minimum absolute atomic E-state index is 0.428. The molecule has 7 heteroatoms. The number of halogens is 1. The molecule has 0 amide bonds. The predicted octanol–water partition coefficient (Wildman–Crippen LogP) is 5.28. The molecular weight excluding hydrogens is 444 g/mol. The molecule has 1 N–H and O–H groups in total. The molecule has 0 bridgehead atoms. The van der Waals surface area contributed by atoms with Gasteiger partial charge in [0, 0.05) is 15.4 Å². The van der Waals surface area contributed by atoms with Crippen molar-refractivity contribution < 1.29 is 9.47 Å². The van der Waals surface area contributed by atoms with E-state index in [1.165, 1.54) is 0 Å². The maximum atomic E-state index is 5.62. The fourth-order valence-electron chi connectivity index (χ4n) is 3.27. The number of hydrogen-bond acceptors (Lipinski definition) is 6. The molecule has 30 heavy (non-hydrogen) atoms. The summed E-state index contributed by atoms with van der Waals surface area (Å²) in [7, 11) is 0. The normalized spacial score (nSPS) is 13.0. The lowest BCUT2D eigenvalue weighted by atomic mass is 10.1. The summed E-state index contributed by atoms with van der Waals surface area (Å²) in [6.45, 7) is 1.12. The Balaban J connectivity index is 1.46. The van der Waals surface area contributed by atoms with E-state index >= 15 is 0 Å².